The third-order valence-electron chi connectivity index (χ3n) is 3.30. The summed E-state index contributed by atoms with van der Waals surface area (Å²) in [6.07, 6.45) is 5.14. The molecule has 0 radical (unpaired) electrons. The van der Waals surface area contributed by atoms with Crippen molar-refractivity contribution in [1.29, 1.82) is 0 Å². The molecule has 1 aromatic carbocycles. The Morgan fingerprint density at radius 3 is 2.65 bits per heavy atom. The first kappa shape index (κ1) is 21.8. The Labute approximate surface area is 158 Å². The van der Waals surface area contributed by atoms with Gasteiger partial charge in [-0.3, -0.25) is 4.99 Å². The molecule has 130 valence electrons. The van der Waals surface area contributed by atoms with E-state index in [2.05, 4.69) is 53.2 Å². The van der Waals surface area contributed by atoms with E-state index in [1.165, 1.54) is 5.69 Å². The number of unbranched alkanes of at least 4 members (excludes halogenated alkanes) is 1. The van der Waals surface area contributed by atoms with Crippen molar-refractivity contribution in [2.45, 2.75) is 26.2 Å². The first-order valence-corrected chi connectivity index (χ1v) is 8.17. The second-order valence-electron chi connectivity index (χ2n) is 5.23. The number of hydrogen-bond acceptors (Lipinski definition) is 2. The number of allylic oxidation sites excluding steroid dienone is 1. The Morgan fingerprint density at radius 1 is 1.26 bits per heavy atom. The Balaban J connectivity index is 0.00000484. The molecule has 1 aromatic rings. The number of anilines is 1. The van der Waals surface area contributed by atoms with E-state index in [-0.39, 0.29) is 24.0 Å². The normalized spacial score (nSPS) is 10.6. The fourth-order valence-electron chi connectivity index (χ4n) is 2.10. The number of guanidine groups is 1. The topological polar surface area (TPSA) is 39.7 Å². The number of para-hydroxylation sites is 1. The average molecular weight is 430 g/mol. The standard InChI is InChI=1S/C18H30N4.HI/c1-4-6-10-16-22(3)18(19-5-2)21-15-11-14-20-17-12-8-7-9-13-17;/h4,7-9,12-13,20H,1,5-6,10-11,14-16H2,2-3H3,(H,19,21);1H. The van der Waals surface area contributed by atoms with Crippen molar-refractivity contribution in [3.05, 3.63) is 43.0 Å². The van der Waals surface area contributed by atoms with E-state index >= 15 is 0 Å². The molecule has 0 saturated heterocycles. The van der Waals surface area contributed by atoms with E-state index in [1.54, 1.807) is 0 Å². The van der Waals surface area contributed by atoms with E-state index in [0.717, 1.165) is 51.4 Å². The SMILES string of the molecule is C=CCCCN(C)C(=NCCCNc1ccccc1)NCC.I. The quantitative estimate of drug-likeness (QED) is 0.194. The van der Waals surface area contributed by atoms with Crippen molar-refractivity contribution in [3.8, 4) is 0 Å². The van der Waals surface area contributed by atoms with Gasteiger partial charge in [0.1, 0.15) is 0 Å². The number of benzene rings is 1. The molecule has 0 heterocycles. The van der Waals surface area contributed by atoms with E-state index in [1.807, 2.05) is 24.3 Å². The average Bonchev–Trinajstić information content (AvgIpc) is 2.54. The molecule has 23 heavy (non-hydrogen) atoms. The fourth-order valence-corrected chi connectivity index (χ4v) is 2.10. The minimum absolute atomic E-state index is 0. The Hall–Kier alpha value is -1.24. The highest BCUT2D eigenvalue weighted by Gasteiger charge is 2.03. The van der Waals surface area contributed by atoms with Crippen molar-refractivity contribution >= 4 is 35.6 Å². The number of nitrogens with one attached hydrogen (secondary N) is 2. The highest BCUT2D eigenvalue weighted by molar-refractivity contribution is 14.0. The van der Waals surface area contributed by atoms with Gasteiger partial charge in [-0.05, 0) is 38.3 Å². The summed E-state index contributed by atoms with van der Waals surface area (Å²) in [6.45, 7) is 9.52. The highest BCUT2D eigenvalue weighted by atomic mass is 127. The van der Waals surface area contributed by atoms with Gasteiger partial charge in [-0.25, -0.2) is 0 Å². The lowest BCUT2D eigenvalue weighted by molar-refractivity contribution is 0.470. The zero-order chi connectivity index (χ0) is 16.0. The maximum absolute atomic E-state index is 4.69. The maximum atomic E-state index is 4.69. The second-order valence-corrected chi connectivity index (χ2v) is 5.23. The molecule has 0 aliphatic heterocycles. The molecule has 0 amide bonds. The molecule has 0 aromatic heterocycles. The first-order valence-electron chi connectivity index (χ1n) is 8.17. The minimum Gasteiger partial charge on any atom is -0.385 e. The monoisotopic (exact) mass is 430 g/mol. The largest absolute Gasteiger partial charge is 0.385 e. The predicted molar refractivity (Wildman–Crippen MR) is 113 cm³/mol. The molecule has 0 atom stereocenters. The van der Waals surface area contributed by atoms with Crippen molar-refractivity contribution in [2.24, 2.45) is 4.99 Å². The van der Waals surface area contributed by atoms with E-state index in [4.69, 9.17) is 0 Å². The van der Waals surface area contributed by atoms with Crippen LogP contribution in [0.15, 0.2) is 48.0 Å². The zero-order valence-corrected chi connectivity index (χ0v) is 16.8. The summed E-state index contributed by atoms with van der Waals surface area (Å²) in [5.74, 6) is 0.992. The van der Waals surface area contributed by atoms with Crippen molar-refractivity contribution in [3.63, 3.8) is 0 Å². The molecular formula is C18H31IN4. The van der Waals surface area contributed by atoms with Crippen LogP contribution < -0.4 is 10.6 Å². The summed E-state index contributed by atoms with van der Waals surface area (Å²) in [7, 11) is 2.09. The van der Waals surface area contributed by atoms with Crippen molar-refractivity contribution in [1.82, 2.24) is 10.2 Å². The molecule has 0 aliphatic rings. The van der Waals surface area contributed by atoms with Crippen molar-refractivity contribution in [2.75, 3.05) is 38.5 Å². The summed E-state index contributed by atoms with van der Waals surface area (Å²) < 4.78 is 0. The summed E-state index contributed by atoms with van der Waals surface area (Å²) >= 11 is 0. The molecule has 5 heteroatoms. The smallest absolute Gasteiger partial charge is 0.193 e. The van der Waals surface area contributed by atoms with Crippen LogP contribution in [0.1, 0.15) is 26.2 Å². The summed E-state index contributed by atoms with van der Waals surface area (Å²) in [5.41, 5.74) is 1.17. The summed E-state index contributed by atoms with van der Waals surface area (Å²) in [4.78, 5) is 6.88. The Bertz CT molecular complexity index is 434. The molecule has 0 spiro atoms. The third kappa shape index (κ3) is 10.2. The van der Waals surface area contributed by atoms with E-state index in [9.17, 15) is 0 Å². The number of aliphatic imine (C=N–C) groups is 1. The predicted octanol–water partition coefficient (Wildman–Crippen LogP) is 3.97. The Morgan fingerprint density at radius 2 is 2.00 bits per heavy atom. The van der Waals surface area contributed by atoms with Crippen LogP contribution in [0.5, 0.6) is 0 Å². The lowest BCUT2D eigenvalue weighted by Gasteiger charge is -2.21. The molecule has 0 bridgehead atoms. The van der Waals surface area contributed by atoms with Gasteiger partial charge < -0.3 is 15.5 Å². The van der Waals surface area contributed by atoms with Gasteiger partial charge in [0.25, 0.3) is 0 Å². The molecular weight excluding hydrogens is 399 g/mol. The number of nitrogens with zero attached hydrogens (tertiary/aromatic N) is 2. The number of hydrogen-bond donors (Lipinski definition) is 2. The van der Waals surface area contributed by atoms with E-state index < -0.39 is 0 Å². The van der Waals surface area contributed by atoms with Crippen LogP contribution in [-0.4, -0.2) is 44.1 Å². The number of rotatable bonds is 10. The van der Waals surface area contributed by atoms with Crippen LogP contribution >= 0.6 is 24.0 Å². The molecule has 2 N–H and O–H groups in total. The maximum Gasteiger partial charge on any atom is 0.193 e. The van der Waals surface area contributed by atoms with Gasteiger partial charge in [0.05, 0.1) is 0 Å². The number of halogens is 1. The first-order chi connectivity index (χ1) is 10.8. The lowest BCUT2D eigenvalue weighted by Crippen LogP contribution is -2.39. The van der Waals surface area contributed by atoms with Crippen LogP contribution in [0, 0.1) is 0 Å². The highest BCUT2D eigenvalue weighted by Crippen LogP contribution is 2.04. The zero-order valence-electron chi connectivity index (χ0n) is 14.4. The summed E-state index contributed by atoms with van der Waals surface area (Å²) in [5, 5.41) is 6.75. The second kappa shape index (κ2) is 14.4. The van der Waals surface area contributed by atoms with Crippen LogP contribution in [0.3, 0.4) is 0 Å². The summed E-state index contributed by atoms with van der Waals surface area (Å²) in [6, 6.07) is 10.3. The van der Waals surface area contributed by atoms with E-state index in [0.29, 0.717) is 0 Å². The van der Waals surface area contributed by atoms with Crippen LogP contribution in [0.25, 0.3) is 0 Å². The van der Waals surface area contributed by atoms with Crippen molar-refractivity contribution < 1.29 is 0 Å². The van der Waals surface area contributed by atoms with Crippen LogP contribution in [0.2, 0.25) is 0 Å². The molecule has 1 rings (SSSR count). The molecule has 0 saturated carbocycles. The lowest BCUT2D eigenvalue weighted by atomic mass is 10.3. The molecule has 0 aliphatic carbocycles. The fraction of sp³-hybridized carbons (Fsp3) is 0.500. The molecule has 0 fully saturated rings. The minimum atomic E-state index is 0. The molecule has 0 unspecified atom stereocenters. The van der Waals surface area contributed by atoms with Gasteiger partial charge >= 0.3 is 0 Å². The Kier molecular flexibility index (Phi) is 13.6. The van der Waals surface area contributed by atoms with Gasteiger partial charge in [0, 0.05) is 38.9 Å². The van der Waals surface area contributed by atoms with Gasteiger partial charge in [-0.1, -0.05) is 24.3 Å². The molecule has 4 nitrogen and oxygen atoms in total. The van der Waals surface area contributed by atoms with Crippen LogP contribution in [0.4, 0.5) is 5.69 Å². The van der Waals surface area contributed by atoms with Gasteiger partial charge in [0.2, 0.25) is 0 Å². The third-order valence-corrected chi connectivity index (χ3v) is 3.30. The van der Waals surface area contributed by atoms with Gasteiger partial charge in [0.15, 0.2) is 5.96 Å². The van der Waals surface area contributed by atoms with Gasteiger partial charge in [-0.2, -0.15) is 0 Å². The van der Waals surface area contributed by atoms with Crippen LogP contribution in [-0.2, 0) is 0 Å². The van der Waals surface area contributed by atoms with Gasteiger partial charge in [-0.15, -0.1) is 30.6 Å².